The quantitative estimate of drug-likeness (QED) is 0.922. The van der Waals surface area contributed by atoms with Crippen molar-refractivity contribution in [3.8, 4) is 11.3 Å². The van der Waals surface area contributed by atoms with Gasteiger partial charge in [-0.25, -0.2) is 4.98 Å². The van der Waals surface area contributed by atoms with Crippen molar-refractivity contribution in [3.63, 3.8) is 0 Å². The molecule has 0 aliphatic carbocycles. The molecule has 7 heteroatoms. The van der Waals surface area contributed by atoms with Crippen molar-refractivity contribution < 1.29 is 9.53 Å². The van der Waals surface area contributed by atoms with E-state index in [1.165, 1.54) is 11.3 Å². The monoisotopic (exact) mass is 308 g/mol. The first-order chi connectivity index (χ1) is 9.78. The summed E-state index contributed by atoms with van der Waals surface area (Å²) < 4.78 is 7.33. The summed E-state index contributed by atoms with van der Waals surface area (Å²) in [6.07, 6.45) is 3.60. The number of ether oxygens (including phenoxy) is 1. The Labute approximate surface area is 128 Å². The molecule has 0 spiro atoms. The van der Waals surface area contributed by atoms with Crippen molar-refractivity contribution in [2.75, 3.05) is 5.32 Å². The molecule has 114 valence electrons. The lowest BCUT2D eigenvalue weighted by atomic mass is 10.1. The van der Waals surface area contributed by atoms with Gasteiger partial charge < -0.3 is 4.74 Å². The maximum absolute atomic E-state index is 12.2. The molecule has 0 saturated heterocycles. The number of aromatic nitrogens is 3. The highest BCUT2D eigenvalue weighted by Crippen LogP contribution is 2.25. The summed E-state index contributed by atoms with van der Waals surface area (Å²) in [4.78, 5) is 16.6. The summed E-state index contributed by atoms with van der Waals surface area (Å²) in [6, 6.07) is 0. The largest absolute Gasteiger partial charge is 0.363 e. The van der Waals surface area contributed by atoms with Crippen molar-refractivity contribution in [3.05, 3.63) is 17.8 Å². The predicted molar refractivity (Wildman–Crippen MR) is 83.2 cm³/mol. The van der Waals surface area contributed by atoms with Gasteiger partial charge in [-0.2, -0.15) is 5.10 Å². The lowest BCUT2D eigenvalue weighted by molar-refractivity contribution is -0.141. The topological polar surface area (TPSA) is 69.0 Å². The SMILES string of the molecule is CC(C)OC(C)(C)C(=O)Nc1nc(-c2cnn(C)c2)cs1. The summed E-state index contributed by atoms with van der Waals surface area (Å²) in [5.74, 6) is -0.205. The van der Waals surface area contributed by atoms with E-state index in [0.717, 1.165) is 11.3 Å². The molecule has 0 atom stereocenters. The van der Waals surface area contributed by atoms with Crippen LogP contribution in [0.3, 0.4) is 0 Å². The number of rotatable bonds is 5. The van der Waals surface area contributed by atoms with Gasteiger partial charge in [0, 0.05) is 24.2 Å². The highest BCUT2D eigenvalue weighted by atomic mass is 32.1. The van der Waals surface area contributed by atoms with Gasteiger partial charge in [0.25, 0.3) is 5.91 Å². The molecule has 0 unspecified atom stereocenters. The molecule has 2 heterocycles. The number of nitrogens with zero attached hydrogens (tertiary/aromatic N) is 3. The summed E-state index contributed by atoms with van der Waals surface area (Å²) in [6.45, 7) is 7.30. The molecule has 1 N–H and O–H groups in total. The van der Waals surface area contributed by atoms with Gasteiger partial charge in [-0.15, -0.1) is 11.3 Å². The third-order valence-corrected chi connectivity index (χ3v) is 3.56. The van der Waals surface area contributed by atoms with E-state index < -0.39 is 5.60 Å². The third-order valence-electron chi connectivity index (χ3n) is 2.80. The molecule has 2 aromatic heterocycles. The minimum Gasteiger partial charge on any atom is -0.363 e. The van der Waals surface area contributed by atoms with Crippen LogP contribution in [-0.4, -0.2) is 32.4 Å². The molecule has 21 heavy (non-hydrogen) atoms. The molecular weight excluding hydrogens is 288 g/mol. The Morgan fingerprint density at radius 3 is 2.76 bits per heavy atom. The molecule has 0 aliphatic rings. The number of anilines is 1. The van der Waals surface area contributed by atoms with Crippen LogP contribution in [0.15, 0.2) is 17.8 Å². The number of nitrogens with one attached hydrogen (secondary N) is 1. The lowest BCUT2D eigenvalue weighted by Gasteiger charge is -2.25. The van der Waals surface area contributed by atoms with E-state index in [0.29, 0.717) is 5.13 Å². The van der Waals surface area contributed by atoms with E-state index >= 15 is 0 Å². The van der Waals surface area contributed by atoms with Crippen LogP contribution in [0.25, 0.3) is 11.3 Å². The van der Waals surface area contributed by atoms with E-state index in [1.54, 1.807) is 24.7 Å². The second-order valence-corrected chi connectivity index (χ2v) is 6.43. The fourth-order valence-electron chi connectivity index (χ4n) is 1.91. The summed E-state index contributed by atoms with van der Waals surface area (Å²) in [5, 5.41) is 9.36. The third kappa shape index (κ3) is 3.89. The number of hydrogen-bond acceptors (Lipinski definition) is 5. The maximum atomic E-state index is 12.2. The normalized spacial score (nSPS) is 11.9. The summed E-state index contributed by atoms with van der Waals surface area (Å²) in [5.41, 5.74) is 0.826. The van der Waals surface area contributed by atoms with Crippen LogP contribution in [0, 0.1) is 0 Å². The molecule has 0 radical (unpaired) electrons. The van der Waals surface area contributed by atoms with Crippen LogP contribution in [0.2, 0.25) is 0 Å². The first-order valence-corrected chi connectivity index (χ1v) is 7.59. The zero-order chi connectivity index (χ0) is 15.6. The average Bonchev–Trinajstić information content (AvgIpc) is 2.96. The second kappa shape index (κ2) is 5.95. The predicted octanol–water partition coefficient (Wildman–Crippen LogP) is 2.69. The number of thiazole rings is 1. The average molecular weight is 308 g/mol. The van der Waals surface area contributed by atoms with Crippen molar-refractivity contribution in [2.45, 2.75) is 39.4 Å². The van der Waals surface area contributed by atoms with Crippen LogP contribution >= 0.6 is 11.3 Å². The van der Waals surface area contributed by atoms with Gasteiger partial charge in [0.1, 0.15) is 5.60 Å². The maximum Gasteiger partial charge on any atom is 0.257 e. The lowest BCUT2D eigenvalue weighted by Crippen LogP contribution is -2.41. The molecule has 6 nitrogen and oxygen atoms in total. The summed E-state index contributed by atoms with van der Waals surface area (Å²) in [7, 11) is 1.85. The van der Waals surface area contributed by atoms with Crippen molar-refractivity contribution in [1.29, 1.82) is 0 Å². The van der Waals surface area contributed by atoms with E-state index in [1.807, 2.05) is 32.5 Å². The zero-order valence-corrected chi connectivity index (χ0v) is 13.7. The Morgan fingerprint density at radius 1 is 1.48 bits per heavy atom. The van der Waals surface area contributed by atoms with E-state index in [-0.39, 0.29) is 12.0 Å². The van der Waals surface area contributed by atoms with Gasteiger partial charge >= 0.3 is 0 Å². The Balaban J connectivity index is 2.07. The molecule has 0 aromatic carbocycles. The highest BCUT2D eigenvalue weighted by molar-refractivity contribution is 7.14. The molecule has 1 amide bonds. The fraction of sp³-hybridized carbons (Fsp3) is 0.500. The first-order valence-electron chi connectivity index (χ1n) is 6.72. The standard InChI is InChI=1S/C14H20N4O2S/c1-9(2)20-14(3,4)12(19)17-13-16-11(8-21-13)10-6-15-18(5)7-10/h6-9H,1-5H3,(H,16,17,19). The highest BCUT2D eigenvalue weighted by Gasteiger charge is 2.30. The fourth-order valence-corrected chi connectivity index (χ4v) is 2.62. The molecule has 0 saturated carbocycles. The Bertz CT molecular complexity index is 630. The van der Waals surface area contributed by atoms with Crippen LogP contribution in [0.5, 0.6) is 0 Å². The minimum atomic E-state index is -0.895. The van der Waals surface area contributed by atoms with Crippen molar-refractivity contribution in [1.82, 2.24) is 14.8 Å². The van der Waals surface area contributed by atoms with E-state index in [4.69, 9.17) is 4.74 Å². The van der Waals surface area contributed by atoms with Gasteiger partial charge in [0.15, 0.2) is 5.13 Å². The number of carbonyl (C=O) groups is 1. The van der Waals surface area contributed by atoms with E-state index in [2.05, 4.69) is 15.4 Å². The number of carbonyl (C=O) groups excluding carboxylic acids is 1. The van der Waals surface area contributed by atoms with Gasteiger partial charge in [-0.1, -0.05) is 0 Å². The van der Waals surface area contributed by atoms with Crippen molar-refractivity contribution >= 4 is 22.4 Å². The first kappa shape index (κ1) is 15.7. The van der Waals surface area contributed by atoms with Gasteiger partial charge in [0.2, 0.25) is 0 Å². The summed E-state index contributed by atoms with van der Waals surface area (Å²) >= 11 is 1.38. The van der Waals surface area contributed by atoms with Crippen LogP contribution in [0.1, 0.15) is 27.7 Å². The van der Waals surface area contributed by atoms with E-state index in [9.17, 15) is 4.79 Å². The smallest absolute Gasteiger partial charge is 0.257 e. The van der Waals surface area contributed by atoms with Crippen LogP contribution in [0.4, 0.5) is 5.13 Å². The number of amides is 1. The van der Waals surface area contributed by atoms with Crippen LogP contribution < -0.4 is 5.32 Å². The Kier molecular flexibility index (Phi) is 4.43. The number of hydrogen-bond donors (Lipinski definition) is 1. The molecule has 0 bridgehead atoms. The molecular formula is C14H20N4O2S. The molecule has 2 rings (SSSR count). The Hall–Kier alpha value is -1.73. The van der Waals surface area contributed by atoms with Crippen LogP contribution in [-0.2, 0) is 16.6 Å². The molecule has 0 aliphatic heterocycles. The Morgan fingerprint density at radius 2 is 2.19 bits per heavy atom. The van der Waals surface area contributed by atoms with Gasteiger partial charge in [0.05, 0.1) is 18.0 Å². The molecule has 0 fully saturated rings. The van der Waals surface area contributed by atoms with Crippen molar-refractivity contribution in [2.24, 2.45) is 7.05 Å². The zero-order valence-electron chi connectivity index (χ0n) is 12.9. The van der Waals surface area contributed by atoms with Gasteiger partial charge in [-0.05, 0) is 27.7 Å². The minimum absolute atomic E-state index is 0.0204. The molecule has 2 aromatic rings. The second-order valence-electron chi connectivity index (χ2n) is 5.57. The van der Waals surface area contributed by atoms with Gasteiger partial charge in [-0.3, -0.25) is 14.8 Å². The number of aryl methyl sites for hydroxylation is 1.